The van der Waals surface area contributed by atoms with E-state index in [1.54, 1.807) is 11.6 Å². The number of hydrogen-bond donors (Lipinski definition) is 4. The van der Waals surface area contributed by atoms with Crippen LogP contribution in [0.15, 0.2) is 60.8 Å². The molecule has 1 unspecified atom stereocenters. The van der Waals surface area contributed by atoms with Gasteiger partial charge in [0.2, 0.25) is 0 Å². The number of aromatic nitrogens is 2. The maximum atomic E-state index is 11.3. The number of hydrogen-bond acceptors (Lipinski definition) is 3. The van der Waals surface area contributed by atoms with Crippen LogP contribution >= 0.6 is 11.6 Å². The lowest BCUT2D eigenvalue weighted by Crippen LogP contribution is -2.29. The van der Waals surface area contributed by atoms with E-state index < -0.39 is 5.91 Å². The van der Waals surface area contributed by atoms with E-state index in [4.69, 9.17) is 16.8 Å². The van der Waals surface area contributed by atoms with Crippen molar-refractivity contribution in [3.8, 4) is 0 Å². The summed E-state index contributed by atoms with van der Waals surface area (Å²) in [6, 6.07) is 17.0. The Morgan fingerprint density at radius 2 is 2.11 bits per heavy atom. The van der Waals surface area contributed by atoms with Crippen molar-refractivity contribution in [2.45, 2.75) is 38.8 Å². The monoisotopic (exact) mass is 488 g/mol. The minimum atomic E-state index is -0.532. The fourth-order valence-corrected chi connectivity index (χ4v) is 5.33. The Hall–Kier alpha value is -3.32. The van der Waals surface area contributed by atoms with Crippen LogP contribution in [-0.4, -0.2) is 32.5 Å². The van der Waals surface area contributed by atoms with Crippen molar-refractivity contribution in [1.29, 1.82) is 0 Å². The summed E-state index contributed by atoms with van der Waals surface area (Å²) in [7, 11) is 0. The summed E-state index contributed by atoms with van der Waals surface area (Å²) in [6.07, 6.45) is 8.15. The number of halogens is 1. The Bertz CT molecular complexity index is 1390. The predicted octanol–water partition coefficient (Wildman–Crippen LogP) is 5.71. The van der Waals surface area contributed by atoms with Crippen LogP contribution in [0.3, 0.4) is 0 Å². The standard InChI is InChI=1S/C28H29ClN4O2/c1-18-2-7-23(31-18)17-33(13-12-21-16-30-26-15-22(29)6-9-24(21)26)27-10-5-20-14-19(3-8-25(20)27)4-11-28(34)32-35/h2-4,6-9,11,14-16,27,30-31,35H,5,10,12-13,17H2,1H3,(H,32,34)/b11-4+. The first-order chi connectivity index (χ1) is 17.0. The van der Waals surface area contributed by atoms with E-state index in [-0.39, 0.29) is 0 Å². The minimum Gasteiger partial charge on any atom is -0.361 e. The number of amides is 1. The quantitative estimate of drug-likeness (QED) is 0.146. The van der Waals surface area contributed by atoms with Gasteiger partial charge in [-0.1, -0.05) is 35.9 Å². The van der Waals surface area contributed by atoms with Crippen molar-refractivity contribution in [3.63, 3.8) is 0 Å². The number of H-pyrrole nitrogens is 2. The van der Waals surface area contributed by atoms with Crippen LogP contribution < -0.4 is 5.48 Å². The van der Waals surface area contributed by atoms with E-state index in [0.29, 0.717) is 6.04 Å². The zero-order valence-corrected chi connectivity index (χ0v) is 20.4. The molecule has 180 valence electrons. The molecule has 5 rings (SSSR count). The first-order valence-corrected chi connectivity index (χ1v) is 12.3. The first-order valence-electron chi connectivity index (χ1n) is 11.9. The maximum Gasteiger partial charge on any atom is 0.267 e. The van der Waals surface area contributed by atoms with Crippen molar-refractivity contribution in [3.05, 3.63) is 99.5 Å². The van der Waals surface area contributed by atoms with Crippen molar-refractivity contribution < 1.29 is 10.0 Å². The van der Waals surface area contributed by atoms with E-state index >= 15 is 0 Å². The molecule has 4 aromatic rings. The number of fused-ring (bicyclic) bond motifs is 2. The molecule has 2 aromatic heterocycles. The van der Waals surface area contributed by atoms with Crippen molar-refractivity contribution in [1.82, 2.24) is 20.3 Å². The molecule has 7 heteroatoms. The summed E-state index contributed by atoms with van der Waals surface area (Å²) in [5.74, 6) is -0.532. The fraction of sp³-hybridized carbons (Fsp3) is 0.250. The predicted molar refractivity (Wildman–Crippen MR) is 139 cm³/mol. The average molecular weight is 489 g/mol. The molecule has 4 N–H and O–H groups in total. The van der Waals surface area contributed by atoms with E-state index in [1.165, 1.54) is 39.5 Å². The van der Waals surface area contributed by atoms with E-state index in [9.17, 15) is 4.79 Å². The van der Waals surface area contributed by atoms with E-state index in [2.05, 4.69) is 58.3 Å². The molecular formula is C28H29ClN4O2. The van der Waals surface area contributed by atoms with Gasteiger partial charge in [-0.25, -0.2) is 5.48 Å². The Balaban J connectivity index is 1.38. The number of benzene rings is 2. The molecule has 0 fully saturated rings. The number of hydroxylamine groups is 1. The highest BCUT2D eigenvalue weighted by atomic mass is 35.5. The van der Waals surface area contributed by atoms with E-state index in [0.717, 1.165) is 48.5 Å². The van der Waals surface area contributed by atoms with Gasteiger partial charge in [-0.05, 0) is 78.8 Å². The zero-order chi connectivity index (χ0) is 24.4. The number of carbonyl (C=O) groups excluding carboxylic acids is 1. The lowest BCUT2D eigenvalue weighted by atomic mass is 10.0. The molecule has 0 saturated carbocycles. The molecule has 1 aliphatic rings. The van der Waals surface area contributed by atoms with Crippen molar-refractivity contribution in [2.24, 2.45) is 0 Å². The maximum absolute atomic E-state index is 11.3. The highest BCUT2D eigenvalue weighted by molar-refractivity contribution is 6.31. The second kappa shape index (κ2) is 10.1. The van der Waals surface area contributed by atoms with Crippen LogP contribution in [0.5, 0.6) is 0 Å². The van der Waals surface area contributed by atoms with Crippen LogP contribution in [0.25, 0.3) is 17.0 Å². The third-order valence-corrected chi connectivity index (χ3v) is 7.09. The van der Waals surface area contributed by atoms with Crippen LogP contribution in [0, 0.1) is 6.92 Å². The van der Waals surface area contributed by atoms with Gasteiger partial charge in [0, 0.05) is 58.7 Å². The van der Waals surface area contributed by atoms with Gasteiger partial charge in [0.25, 0.3) is 5.91 Å². The molecule has 35 heavy (non-hydrogen) atoms. The van der Waals surface area contributed by atoms with Gasteiger partial charge < -0.3 is 9.97 Å². The lowest BCUT2D eigenvalue weighted by molar-refractivity contribution is -0.124. The average Bonchev–Trinajstić information content (AvgIpc) is 3.58. The van der Waals surface area contributed by atoms with Gasteiger partial charge in [0.1, 0.15) is 0 Å². The topological polar surface area (TPSA) is 84.2 Å². The van der Waals surface area contributed by atoms with Crippen molar-refractivity contribution >= 4 is 34.5 Å². The molecule has 2 aromatic carbocycles. The SMILES string of the molecule is Cc1ccc(CN(CCc2c[nH]c3cc(Cl)ccc23)C2CCc3cc(/C=C/C(=O)NO)ccc32)[nH]1. The van der Waals surface area contributed by atoms with Crippen LogP contribution in [0.2, 0.25) is 5.02 Å². The van der Waals surface area contributed by atoms with Gasteiger partial charge in [-0.15, -0.1) is 0 Å². The molecular weight excluding hydrogens is 460 g/mol. The highest BCUT2D eigenvalue weighted by Crippen LogP contribution is 2.37. The van der Waals surface area contributed by atoms with Gasteiger partial charge >= 0.3 is 0 Å². The van der Waals surface area contributed by atoms with Gasteiger partial charge in [-0.3, -0.25) is 14.9 Å². The Labute approximate surface area is 209 Å². The summed E-state index contributed by atoms with van der Waals surface area (Å²) in [4.78, 5) is 20.8. The molecule has 1 atom stereocenters. The Morgan fingerprint density at radius 3 is 2.91 bits per heavy atom. The minimum absolute atomic E-state index is 0.326. The second-order valence-corrected chi connectivity index (χ2v) is 9.65. The summed E-state index contributed by atoms with van der Waals surface area (Å²) >= 11 is 6.17. The molecule has 1 amide bonds. The number of aromatic amines is 2. The van der Waals surface area contributed by atoms with Crippen LogP contribution in [0.4, 0.5) is 0 Å². The zero-order valence-electron chi connectivity index (χ0n) is 19.6. The number of rotatable bonds is 8. The molecule has 2 heterocycles. The third kappa shape index (κ3) is 5.20. The number of nitrogens with zero attached hydrogens (tertiary/aromatic N) is 1. The largest absolute Gasteiger partial charge is 0.361 e. The first kappa shape index (κ1) is 23.4. The molecule has 0 radical (unpaired) electrons. The molecule has 1 aliphatic carbocycles. The summed E-state index contributed by atoms with van der Waals surface area (Å²) in [5.41, 5.74) is 10.0. The molecule has 0 bridgehead atoms. The highest BCUT2D eigenvalue weighted by Gasteiger charge is 2.28. The number of nitrogens with one attached hydrogen (secondary N) is 3. The summed E-state index contributed by atoms with van der Waals surface area (Å²) in [6.45, 7) is 3.86. The molecule has 0 saturated heterocycles. The Morgan fingerprint density at radius 1 is 1.23 bits per heavy atom. The molecule has 6 nitrogen and oxygen atoms in total. The Kier molecular flexibility index (Phi) is 6.77. The smallest absolute Gasteiger partial charge is 0.267 e. The van der Waals surface area contributed by atoms with Gasteiger partial charge in [0.15, 0.2) is 0 Å². The van der Waals surface area contributed by atoms with Crippen LogP contribution in [-0.2, 0) is 24.2 Å². The summed E-state index contributed by atoms with van der Waals surface area (Å²) in [5, 5.41) is 10.7. The van der Waals surface area contributed by atoms with Crippen LogP contribution in [0.1, 0.15) is 46.1 Å². The number of aryl methyl sites for hydroxylation is 2. The molecule has 0 spiro atoms. The lowest BCUT2D eigenvalue weighted by Gasteiger charge is -2.29. The van der Waals surface area contributed by atoms with E-state index in [1.807, 2.05) is 18.2 Å². The number of carbonyl (C=O) groups is 1. The normalized spacial score (nSPS) is 15.4. The molecule has 0 aliphatic heterocycles. The van der Waals surface area contributed by atoms with Crippen molar-refractivity contribution in [2.75, 3.05) is 6.54 Å². The van der Waals surface area contributed by atoms with Gasteiger partial charge in [0.05, 0.1) is 0 Å². The third-order valence-electron chi connectivity index (χ3n) is 6.85. The fourth-order valence-electron chi connectivity index (χ4n) is 5.15. The summed E-state index contributed by atoms with van der Waals surface area (Å²) < 4.78 is 0. The van der Waals surface area contributed by atoms with Gasteiger partial charge in [-0.2, -0.15) is 0 Å². The second-order valence-electron chi connectivity index (χ2n) is 9.21.